The van der Waals surface area contributed by atoms with Crippen molar-refractivity contribution in [1.82, 2.24) is 0 Å². The van der Waals surface area contributed by atoms with Crippen molar-refractivity contribution in [2.75, 3.05) is 18.5 Å². The van der Waals surface area contributed by atoms with Gasteiger partial charge in [0.05, 0.1) is 6.61 Å². The number of unbranched alkanes of at least 4 members (excludes halogenated alkanes) is 1. The van der Waals surface area contributed by atoms with Gasteiger partial charge in [-0.2, -0.15) is 0 Å². The maximum Gasteiger partial charge on any atom is 0.262 e. The minimum atomic E-state index is -0.190. The third-order valence-electron chi connectivity index (χ3n) is 4.18. The Morgan fingerprint density at radius 1 is 1.15 bits per heavy atom. The van der Waals surface area contributed by atoms with Crippen LogP contribution in [0.15, 0.2) is 40.9 Å². The van der Waals surface area contributed by atoms with Crippen molar-refractivity contribution in [2.24, 2.45) is 0 Å². The van der Waals surface area contributed by atoms with Crippen LogP contribution in [-0.4, -0.2) is 19.1 Å². The summed E-state index contributed by atoms with van der Waals surface area (Å²) in [5.74, 6) is 1.68. The van der Waals surface area contributed by atoms with Crippen LogP contribution in [0.5, 0.6) is 11.5 Å². The average Bonchev–Trinajstić information content (AvgIpc) is 2.64. The first-order valence-corrected chi connectivity index (χ1v) is 10.2. The van der Waals surface area contributed by atoms with E-state index in [2.05, 4.69) is 48.1 Å². The van der Waals surface area contributed by atoms with E-state index < -0.39 is 0 Å². The predicted octanol–water partition coefficient (Wildman–Crippen LogP) is 6.08. The quantitative estimate of drug-likeness (QED) is 0.487. The van der Waals surface area contributed by atoms with Gasteiger partial charge >= 0.3 is 0 Å². The fraction of sp³-hybridized carbons (Fsp3) is 0.409. The Balaban J connectivity index is 1.92. The van der Waals surface area contributed by atoms with E-state index in [9.17, 15) is 4.79 Å². The molecule has 0 spiro atoms. The number of hydrogen-bond acceptors (Lipinski definition) is 3. The first-order chi connectivity index (χ1) is 12.9. The van der Waals surface area contributed by atoms with E-state index in [1.54, 1.807) is 0 Å². The Kier molecular flexibility index (Phi) is 8.17. The molecule has 0 aliphatic heterocycles. The highest BCUT2D eigenvalue weighted by Gasteiger charge is 2.12. The van der Waals surface area contributed by atoms with Crippen LogP contribution in [-0.2, 0) is 4.79 Å². The van der Waals surface area contributed by atoms with Crippen LogP contribution >= 0.6 is 15.9 Å². The summed E-state index contributed by atoms with van der Waals surface area (Å²) in [6.07, 6.45) is 2.13. The number of amides is 1. The SMILES string of the molecule is CCCCOc1ccc(NC(=O)COc2cc(C)c(Br)cc2C(C)C)cc1. The van der Waals surface area contributed by atoms with E-state index in [-0.39, 0.29) is 12.5 Å². The lowest BCUT2D eigenvalue weighted by molar-refractivity contribution is -0.118. The van der Waals surface area contributed by atoms with Crippen molar-refractivity contribution in [3.8, 4) is 11.5 Å². The van der Waals surface area contributed by atoms with Crippen LogP contribution in [0.25, 0.3) is 0 Å². The van der Waals surface area contributed by atoms with Gasteiger partial charge in [0.15, 0.2) is 6.61 Å². The Morgan fingerprint density at radius 3 is 2.48 bits per heavy atom. The summed E-state index contributed by atoms with van der Waals surface area (Å²) in [5, 5.41) is 2.85. The van der Waals surface area contributed by atoms with E-state index in [0.717, 1.165) is 45.6 Å². The normalized spacial score (nSPS) is 10.7. The molecule has 0 unspecified atom stereocenters. The van der Waals surface area contributed by atoms with Crippen LogP contribution in [0.3, 0.4) is 0 Å². The average molecular weight is 434 g/mol. The second-order valence-electron chi connectivity index (χ2n) is 6.86. The van der Waals surface area contributed by atoms with Crippen LogP contribution in [0.4, 0.5) is 5.69 Å². The van der Waals surface area contributed by atoms with Gasteiger partial charge < -0.3 is 14.8 Å². The highest BCUT2D eigenvalue weighted by molar-refractivity contribution is 9.10. The smallest absolute Gasteiger partial charge is 0.262 e. The maximum atomic E-state index is 12.2. The third-order valence-corrected chi connectivity index (χ3v) is 5.03. The van der Waals surface area contributed by atoms with Gasteiger partial charge in [0.1, 0.15) is 11.5 Å². The number of benzene rings is 2. The summed E-state index contributed by atoms with van der Waals surface area (Å²) in [7, 11) is 0. The Labute approximate surface area is 170 Å². The Bertz CT molecular complexity index is 757. The molecule has 0 aliphatic rings. The van der Waals surface area contributed by atoms with Crippen molar-refractivity contribution >= 4 is 27.5 Å². The van der Waals surface area contributed by atoms with Crippen LogP contribution < -0.4 is 14.8 Å². The number of aryl methyl sites for hydroxylation is 1. The summed E-state index contributed by atoms with van der Waals surface area (Å²) in [5.41, 5.74) is 2.88. The molecule has 0 saturated carbocycles. The van der Waals surface area contributed by atoms with Crippen LogP contribution in [0.1, 0.15) is 50.7 Å². The maximum absolute atomic E-state index is 12.2. The molecule has 0 atom stereocenters. The van der Waals surface area contributed by atoms with Crippen molar-refractivity contribution < 1.29 is 14.3 Å². The standard InChI is InChI=1S/C22H28BrNO3/c1-5-6-11-26-18-9-7-17(8-10-18)24-22(25)14-27-21-12-16(4)20(23)13-19(21)15(2)3/h7-10,12-13,15H,5-6,11,14H2,1-4H3,(H,24,25). The van der Waals surface area contributed by atoms with Gasteiger partial charge in [-0.25, -0.2) is 0 Å². The number of rotatable bonds is 9. The molecule has 0 aliphatic carbocycles. The number of ether oxygens (including phenoxy) is 2. The molecule has 2 aromatic rings. The molecule has 2 aromatic carbocycles. The zero-order valence-corrected chi connectivity index (χ0v) is 18.1. The van der Waals surface area contributed by atoms with E-state index >= 15 is 0 Å². The fourth-order valence-electron chi connectivity index (χ4n) is 2.56. The minimum absolute atomic E-state index is 0.0322. The van der Waals surface area contributed by atoms with E-state index in [0.29, 0.717) is 12.5 Å². The second kappa shape index (κ2) is 10.4. The number of hydrogen-bond donors (Lipinski definition) is 1. The molecule has 0 heterocycles. The lowest BCUT2D eigenvalue weighted by Gasteiger charge is -2.16. The van der Waals surface area contributed by atoms with E-state index in [1.807, 2.05) is 37.3 Å². The third kappa shape index (κ3) is 6.58. The zero-order chi connectivity index (χ0) is 19.8. The Hall–Kier alpha value is -2.01. The van der Waals surface area contributed by atoms with Gasteiger partial charge in [0.25, 0.3) is 5.91 Å². The van der Waals surface area contributed by atoms with Crippen molar-refractivity contribution in [3.05, 3.63) is 52.0 Å². The minimum Gasteiger partial charge on any atom is -0.494 e. The highest BCUT2D eigenvalue weighted by Crippen LogP contribution is 2.32. The molecule has 27 heavy (non-hydrogen) atoms. The molecule has 0 saturated heterocycles. The topological polar surface area (TPSA) is 47.6 Å². The van der Waals surface area contributed by atoms with Crippen molar-refractivity contribution in [2.45, 2.75) is 46.5 Å². The molecule has 4 nitrogen and oxygen atoms in total. The molecule has 0 fully saturated rings. The zero-order valence-electron chi connectivity index (χ0n) is 16.5. The van der Waals surface area contributed by atoms with Gasteiger partial charge in [-0.05, 0) is 66.8 Å². The van der Waals surface area contributed by atoms with E-state index in [4.69, 9.17) is 9.47 Å². The molecule has 0 aromatic heterocycles. The van der Waals surface area contributed by atoms with Crippen LogP contribution in [0.2, 0.25) is 0 Å². The molecule has 1 N–H and O–H groups in total. The lowest BCUT2D eigenvalue weighted by Crippen LogP contribution is -2.20. The lowest BCUT2D eigenvalue weighted by atomic mass is 10.0. The summed E-state index contributed by atoms with van der Waals surface area (Å²) in [4.78, 5) is 12.2. The van der Waals surface area contributed by atoms with Crippen molar-refractivity contribution in [1.29, 1.82) is 0 Å². The fourth-order valence-corrected chi connectivity index (χ4v) is 2.92. The summed E-state index contributed by atoms with van der Waals surface area (Å²) < 4.78 is 12.5. The second-order valence-corrected chi connectivity index (χ2v) is 7.71. The van der Waals surface area contributed by atoms with Gasteiger partial charge in [-0.3, -0.25) is 4.79 Å². The first-order valence-electron chi connectivity index (χ1n) is 9.36. The monoisotopic (exact) mass is 433 g/mol. The molecule has 0 bridgehead atoms. The summed E-state index contributed by atoms with van der Waals surface area (Å²) >= 11 is 3.55. The van der Waals surface area contributed by atoms with Gasteiger partial charge in [0, 0.05) is 10.2 Å². The Morgan fingerprint density at radius 2 is 1.85 bits per heavy atom. The summed E-state index contributed by atoms with van der Waals surface area (Å²) in [6, 6.07) is 11.4. The number of carbonyl (C=O) groups excluding carboxylic acids is 1. The molecule has 146 valence electrons. The molecule has 5 heteroatoms. The number of nitrogens with one attached hydrogen (secondary N) is 1. The highest BCUT2D eigenvalue weighted by atomic mass is 79.9. The molecule has 1 amide bonds. The van der Waals surface area contributed by atoms with Crippen molar-refractivity contribution in [3.63, 3.8) is 0 Å². The molecular formula is C22H28BrNO3. The van der Waals surface area contributed by atoms with Crippen LogP contribution in [0, 0.1) is 6.92 Å². The van der Waals surface area contributed by atoms with Gasteiger partial charge in [-0.15, -0.1) is 0 Å². The first kappa shape index (κ1) is 21.3. The van der Waals surface area contributed by atoms with E-state index in [1.165, 1.54) is 0 Å². The van der Waals surface area contributed by atoms with Gasteiger partial charge in [-0.1, -0.05) is 43.1 Å². The molecule has 0 radical (unpaired) electrons. The molecular weight excluding hydrogens is 406 g/mol. The van der Waals surface area contributed by atoms with Gasteiger partial charge in [0.2, 0.25) is 0 Å². The summed E-state index contributed by atoms with van der Waals surface area (Å²) in [6.45, 7) is 9.02. The predicted molar refractivity (Wildman–Crippen MR) is 114 cm³/mol. The molecule has 2 rings (SSSR count). The number of carbonyl (C=O) groups is 1. The number of halogens is 1. The largest absolute Gasteiger partial charge is 0.494 e. The number of anilines is 1.